The molecule has 0 aromatic heterocycles. The molecule has 0 aliphatic heterocycles. The molecule has 1 aromatic carbocycles. The summed E-state index contributed by atoms with van der Waals surface area (Å²) in [5, 5.41) is -0.723. The first kappa shape index (κ1) is 16.3. The third-order valence-corrected chi connectivity index (χ3v) is 5.95. The highest BCUT2D eigenvalue weighted by Crippen LogP contribution is 2.63. The fourth-order valence-electron chi connectivity index (χ4n) is 2.98. The van der Waals surface area contributed by atoms with Crippen molar-refractivity contribution in [3.8, 4) is 0 Å². The molecule has 2 rings (SSSR count). The van der Waals surface area contributed by atoms with Crippen LogP contribution >= 0.6 is 12.2 Å². The van der Waals surface area contributed by atoms with E-state index in [4.69, 9.17) is 22.7 Å². The van der Waals surface area contributed by atoms with Gasteiger partial charge in [0.2, 0.25) is 0 Å². The Morgan fingerprint density at radius 2 is 2.00 bits per heavy atom. The molecule has 1 aromatic rings. The molecule has 0 unspecified atom stereocenters. The molecule has 7 heteroatoms. The molecular formula is C14H18FNO3S2. The van der Waals surface area contributed by atoms with Crippen molar-refractivity contribution < 1.29 is 17.5 Å². The van der Waals surface area contributed by atoms with E-state index >= 15 is 0 Å². The second kappa shape index (κ2) is 5.62. The Hall–Kier alpha value is -1.05. The van der Waals surface area contributed by atoms with Crippen LogP contribution in [0.5, 0.6) is 0 Å². The van der Waals surface area contributed by atoms with Crippen LogP contribution in [0.3, 0.4) is 0 Å². The zero-order valence-corrected chi connectivity index (χ0v) is 13.5. The lowest BCUT2D eigenvalue weighted by Crippen LogP contribution is -2.33. The minimum absolute atomic E-state index is 0.126. The molecule has 1 fully saturated rings. The predicted molar refractivity (Wildman–Crippen MR) is 83.5 cm³/mol. The summed E-state index contributed by atoms with van der Waals surface area (Å²) >= 11 is 5.12. The second-order valence-electron chi connectivity index (χ2n) is 5.32. The largest absolute Gasteiger partial charge is 0.393 e. The maximum Gasteiger partial charge on any atom is 0.152 e. The van der Waals surface area contributed by atoms with Crippen LogP contribution in [0.15, 0.2) is 24.3 Å². The van der Waals surface area contributed by atoms with Crippen molar-refractivity contribution in [1.29, 1.82) is 0 Å². The lowest BCUT2D eigenvalue weighted by Gasteiger charge is -2.16. The van der Waals surface area contributed by atoms with Crippen LogP contribution in [-0.4, -0.2) is 38.1 Å². The number of nitrogens with two attached hydrogens (primary N) is 1. The van der Waals surface area contributed by atoms with Crippen molar-refractivity contribution >= 4 is 27.0 Å². The van der Waals surface area contributed by atoms with E-state index < -0.39 is 26.4 Å². The van der Waals surface area contributed by atoms with Gasteiger partial charge in [-0.25, -0.2) is 12.8 Å². The molecule has 0 bridgehead atoms. The predicted octanol–water partition coefficient (Wildman–Crippen LogP) is 1.65. The van der Waals surface area contributed by atoms with Crippen LogP contribution in [0.1, 0.15) is 18.4 Å². The summed E-state index contributed by atoms with van der Waals surface area (Å²) < 4.78 is 42.6. The minimum atomic E-state index is -3.36. The highest BCUT2D eigenvalue weighted by molar-refractivity contribution is 7.92. The molecule has 3 atom stereocenters. The second-order valence-corrected chi connectivity index (χ2v) is 7.93. The Kier molecular flexibility index (Phi) is 4.37. The number of rotatable bonds is 6. The third-order valence-electron chi connectivity index (χ3n) is 3.95. The van der Waals surface area contributed by atoms with Crippen LogP contribution in [0.4, 0.5) is 4.39 Å². The number of hydrogen-bond donors (Lipinski definition) is 1. The van der Waals surface area contributed by atoms with Gasteiger partial charge in [0.05, 0.1) is 22.3 Å². The van der Waals surface area contributed by atoms with Gasteiger partial charge in [-0.2, -0.15) is 0 Å². The topological polar surface area (TPSA) is 69.4 Å². The van der Waals surface area contributed by atoms with E-state index in [9.17, 15) is 12.8 Å². The summed E-state index contributed by atoms with van der Waals surface area (Å²) in [6.07, 6.45) is 1.17. The van der Waals surface area contributed by atoms with Crippen molar-refractivity contribution in [2.75, 3.05) is 19.5 Å². The average molecular weight is 331 g/mol. The summed E-state index contributed by atoms with van der Waals surface area (Å²) in [6.45, 7) is 2.41. The van der Waals surface area contributed by atoms with Gasteiger partial charge in [0.15, 0.2) is 9.84 Å². The maximum absolute atomic E-state index is 13.1. The van der Waals surface area contributed by atoms with E-state index in [-0.39, 0.29) is 17.4 Å². The van der Waals surface area contributed by atoms with E-state index in [1.807, 2.05) is 6.92 Å². The van der Waals surface area contributed by atoms with E-state index in [0.717, 1.165) is 0 Å². The Morgan fingerprint density at radius 3 is 2.43 bits per heavy atom. The van der Waals surface area contributed by atoms with Gasteiger partial charge in [0.25, 0.3) is 0 Å². The molecule has 1 aliphatic carbocycles. The normalized spacial score (nSPS) is 28.3. The maximum atomic E-state index is 13.1. The Labute approximate surface area is 129 Å². The standard InChI is InChI=1S/C14H18FNO3S2/c1-3-19-8-14(13(16)20)11(12(14)21(2,17)18)9-4-6-10(15)7-5-9/h4-7,11-12H,3,8H2,1-2H3,(H2,16,20)/t11-,12-,14-/m0/s1. The molecule has 0 spiro atoms. The van der Waals surface area contributed by atoms with Gasteiger partial charge in [-0.15, -0.1) is 0 Å². The lowest BCUT2D eigenvalue weighted by molar-refractivity contribution is 0.121. The Balaban J connectivity index is 2.46. The monoisotopic (exact) mass is 331 g/mol. The van der Waals surface area contributed by atoms with Crippen LogP contribution in [0.2, 0.25) is 0 Å². The molecule has 2 N–H and O–H groups in total. The summed E-state index contributed by atoms with van der Waals surface area (Å²) in [7, 11) is -3.36. The fourth-order valence-corrected chi connectivity index (χ4v) is 5.29. The number of hydrogen-bond acceptors (Lipinski definition) is 4. The SMILES string of the molecule is CCOC[C@]1(C(N)=S)[C@@H](c2ccc(F)cc2)[C@@H]1S(C)(=O)=O. The highest BCUT2D eigenvalue weighted by atomic mass is 32.2. The minimum Gasteiger partial charge on any atom is -0.393 e. The molecule has 0 amide bonds. The first-order valence-electron chi connectivity index (χ1n) is 6.57. The molecule has 0 saturated heterocycles. The molecule has 0 radical (unpaired) electrons. The summed E-state index contributed by atoms with van der Waals surface area (Å²) in [5.74, 6) is -0.766. The number of ether oxygens (including phenoxy) is 1. The molecule has 1 aliphatic rings. The van der Waals surface area contributed by atoms with Gasteiger partial charge in [-0.1, -0.05) is 24.4 Å². The first-order valence-corrected chi connectivity index (χ1v) is 8.93. The van der Waals surface area contributed by atoms with Gasteiger partial charge in [0.1, 0.15) is 5.82 Å². The molecule has 1 saturated carbocycles. The first-order chi connectivity index (χ1) is 9.75. The zero-order valence-electron chi connectivity index (χ0n) is 11.9. The van der Waals surface area contributed by atoms with Gasteiger partial charge < -0.3 is 10.5 Å². The van der Waals surface area contributed by atoms with Crippen LogP contribution < -0.4 is 5.73 Å². The highest BCUT2D eigenvalue weighted by Gasteiger charge is 2.71. The van der Waals surface area contributed by atoms with Crippen molar-refractivity contribution in [1.82, 2.24) is 0 Å². The van der Waals surface area contributed by atoms with Gasteiger partial charge in [-0.05, 0) is 24.6 Å². The van der Waals surface area contributed by atoms with Gasteiger partial charge >= 0.3 is 0 Å². The Morgan fingerprint density at radius 1 is 1.43 bits per heavy atom. The lowest BCUT2D eigenvalue weighted by atomic mass is 10.00. The summed E-state index contributed by atoms with van der Waals surface area (Å²) in [5.41, 5.74) is 5.63. The fraction of sp³-hybridized carbons (Fsp3) is 0.500. The smallest absolute Gasteiger partial charge is 0.152 e. The van der Waals surface area contributed by atoms with Crippen LogP contribution in [0.25, 0.3) is 0 Å². The van der Waals surface area contributed by atoms with Gasteiger partial charge in [0, 0.05) is 18.8 Å². The molecule has 116 valence electrons. The van der Waals surface area contributed by atoms with E-state index in [1.165, 1.54) is 18.4 Å². The summed E-state index contributed by atoms with van der Waals surface area (Å²) in [4.78, 5) is 0.126. The number of thiocarbonyl (C=S) groups is 1. The molecule has 0 heterocycles. The van der Waals surface area contributed by atoms with Crippen LogP contribution in [0, 0.1) is 11.2 Å². The number of sulfone groups is 1. The molecule has 21 heavy (non-hydrogen) atoms. The van der Waals surface area contributed by atoms with Crippen molar-refractivity contribution in [3.63, 3.8) is 0 Å². The average Bonchev–Trinajstić information content (AvgIpc) is 3.08. The number of benzene rings is 1. The molecular weight excluding hydrogens is 313 g/mol. The summed E-state index contributed by atoms with van der Waals surface area (Å²) in [6, 6.07) is 5.75. The number of halogens is 1. The third kappa shape index (κ3) is 2.82. The van der Waals surface area contributed by atoms with Crippen molar-refractivity contribution in [3.05, 3.63) is 35.6 Å². The van der Waals surface area contributed by atoms with E-state index in [1.54, 1.807) is 12.1 Å². The van der Waals surface area contributed by atoms with Crippen molar-refractivity contribution in [2.45, 2.75) is 18.1 Å². The van der Waals surface area contributed by atoms with Crippen LogP contribution in [-0.2, 0) is 14.6 Å². The van der Waals surface area contributed by atoms with Crippen molar-refractivity contribution in [2.24, 2.45) is 11.1 Å². The van der Waals surface area contributed by atoms with Gasteiger partial charge in [-0.3, -0.25) is 0 Å². The van der Waals surface area contributed by atoms with E-state index in [0.29, 0.717) is 12.2 Å². The zero-order chi connectivity index (χ0) is 15.8. The molecule has 4 nitrogen and oxygen atoms in total. The van der Waals surface area contributed by atoms with E-state index in [2.05, 4.69) is 0 Å². The Bertz CT molecular complexity index is 645. The quantitative estimate of drug-likeness (QED) is 0.803.